The van der Waals surface area contributed by atoms with Crippen molar-refractivity contribution in [1.82, 2.24) is 0 Å². The van der Waals surface area contributed by atoms with Gasteiger partial charge in [0.1, 0.15) is 17.3 Å². The molecule has 1 atom stereocenters. The van der Waals surface area contributed by atoms with Crippen molar-refractivity contribution in [3.63, 3.8) is 0 Å². The topological polar surface area (TPSA) is 78.9 Å². The predicted octanol–water partition coefficient (Wildman–Crippen LogP) is 9.04. The first-order valence-corrected chi connectivity index (χ1v) is 16.3. The van der Waals surface area contributed by atoms with Crippen molar-refractivity contribution >= 4 is 26.2 Å². The van der Waals surface area contributed by atoms with Gasteiger partial charge in [-0.15, -0.1) is 0 Å². The van der Waals surface area contributed by atoms with Crippen molar-refractivity contribution in [2.75, 3.05) is 14.2 Å². The van der Waals surface area contributed by atoms with Crippen LogP contribution in [0.25, 0.3) is 0 Å². The summed E-state index contributed by atoms with van der Waals surface area (Å²) in [4.78, 5) is 11.7. The molecule has 0 bridgehead atoms. The second kappa shape index (κ2) is 13.2. The maximum absolute atomic E-state index is 15.2. The van der Waals surface area contributed by atoms with Gasteiger partial charge in [-0.05, 0) is 83.1 Å². The lowest BCUT2D eigenvalue weighted by Gasteiger charge is -2.42. The average Bonchev–Trinajstić information content (AvgIpc) is 3.06. The molecule has 49 heavy (non-hydrogen) atoms. The molecule has 0 aliphatic rings. The lowest BCUT2D eigenvalue weighted by atomic mass is 10.0. The van der Waals surface area contributed by atoms with E-state index >= 15 is 8.78 Å². The number of ether oxygens (including phenoxy) is 2. The van der Waals surface area contributed by atoms with Crippen LogP contribution in [0.2, 0.25) is 0 Å². The molecule has 0 N–H and O–H groups in total. The summed E-state index contributed by atoms with van der Waals surface area (Å²) < 4.78 is 181. The van der Waals surface area contributed by atoms with Crippen molar-refractivity contribution < 1.29 is 70.2 Å². The van der Waals surface area contributed by atoms with Gasteiger partial charge in [0.15, 0.2) is 5.78 Å². The molecule has 0 amide bonds. The van der Waals surface area contributed by atoms with Crippen molar-refractivity contribution in [3.05, 3.63) is 114 Å². The molecule has 0 spiro atoms. The molecule has 4 aromatic carbocycles. The van der Waals surface area contributed by atoms with Crippen molar-refractivity contribution in [1.29, 1.82) is 0 Å². The first-order valence-electron chi connectivity index (χ1n) is 13.3. The third-order valence-corrected chi connectivity index (χ3v) is 12.2. The fourth-order valence-corrected chi connectivity index (χ4v) is 9.70. The van der Waals surface area contributed by atoms with Crippen LogP contribution in [-0.4, -0.2) is 51.7 Å². The smallest absolute Gasteiger partial charge is 0.460 e. The summed E-state index contributed by atoms with van der Waals surface area (Å²) in [5.41, 5.74) is -0.151. The van der Waals surface area contributed by atoms with Crippen LogP contribution < -0.4 is 9.47 Å². The van der Waals surface area contributed by atoms with Gasteiger partial charge in [0.05, 0.1) is 19.1 Å². The third-order valence-electron chi connectivity index (χ3n) is 6.93. The Morgan fingerprint density at radius 1 is 0.633 bits per heavy atom. The summed E-state index contributed by atoms with van der Waals surface area (Å²) in [6.07, 6.45) is -7.31. The van der Waals surface area contributed by atoms with E-state index < -0.39 is 65.1 Å². The summed E-state index contributed by atoms with van der Waals surface area (Å²) in [6.45, 7) is 0. The van der Waals surface area contributed by atoms with Crippen LogP contribution in [0.1, 0.15) is 15.9 Å². The first kappa shape index (κ1) is 37.5. The van der Waals surface area contributed by atoms with Crippen LogP contribution in [0.3, 0.4) is 0 Å². The Kier molecular flexibility index (Phi) is 10.1. The maximum Gasteiger partial charge on any atom is 0.460 e. The van der Waals surface area contributed by atoms with Gasteiger partial charge in [-0.25, -0.2) is 8.02 Å². The van der Waals surface area contributed by atoms with E-state index in [9.17, 15) is 48.3 Å². The number of ketones is 1. The fraction of sp³-hybridized carbons (Fsp3) is 0.194. The molecule has 0 saturated carbocycles. The second-order valence-corrected chi connectivity index (χ2v) is 14.4. The van der Waals surface area contributed by atoms with Crippen LogP contribution in [0.4, 0.5) is 43.9 Å². The highest BCUT2D eigenvalue weighted by atomic mass is 32.3. The molecule has 0 saturated heterocycles. The highest BCUT2D eigenvalue weighted by molar-refractivity contribution is 8.33. The molecule has 0 fully saturated rings. The van der Waals surface area contributed by atoms with E-state index in [1.165, 1.54) is 25.3 Å². The molecule has 4 rings (SSSR count). The summed E-state index contributed by atoms with van der Waals surface area (Å²) in [6, 6.07) is 17.6. The van der Waals surface area contributed by atoms with Crippen molar-refractivity contribution in [3.8, 4) is 11.5 Å². The van der Waals surface area contributed by atoms with Gasteiger partial charge >= 0.3 is 33.4 Å². The summed E-state index contributed by atoms with van der Waals surface area (Å²) >= 11 is 0. The Morgan fingerprint density at radius 3 is 1.63 bits per heavy atom. The molecule has 0 aliphatic heterocycles. The standard InChI is InChI=1S/C31H22F10O6S2/c1-45-22-14-17-26(25(18-22)46-2)48(23-6-4-3-5-7-23,24-15-10-20(11-16-24)27(42)19-8-12-21(32)13-9-19)47-49(43,44)31(40,41)29(35,36)28(33,34)30(37,38)39/h3-18H,1-2H3. The largest absolute Gasteiger partial charge is 0.497 e. The zero-order valence-electron chi connectivity index (χ0n) is 24.8. The van der Waals surface area contributed by atoms with Crippen LogP contribution in [-0.2, 0) is 13.7 Å². The van der Waals surface area contributed by atoms with Crippen LogP contribution in [0.15, 0.2) is 112 Å². The Labute approximate surface area is 273 Å². The molecule has 0 aromatic heterocycles. The number of hydrogen-bond donors (Lipinski definition) is 0. The van der Waals surface area contributed by atoms with E-state index in [2.05, 4.69) is 0 Å². The Bertz CT molecular complexity index is 1920. The van der Waals surface area contributed by atoms with Gasteiger partial charge in [0.25, 0.3) is 0 Å². The predicted molar refractivity (Wildman–Crippen MR) is 156 cm³/mol. The van der Waals surface area contributed by atoms with E-state index in [-0.39, 0.29) is 27.5 Å². The summed E-state index contributed by atoms with van der Waals surface area (Å²) in [7, 11) is -9.73. The summed E-state index contributed by atoms with van der Waals surface area (Å²) in [5, 5.41) is -7.20. The van der Waals surface area contributed by atoms with E-state index in [0.29, 0.717) is 0 Å². The van der Waals surface area contributed by atoms with Crippen LogP contribution >= 0.6 is 10.3 Å². The quantitative estimate of drug-likeness (QED) is 0.106. The average molecular weight is 745 g/mol. The highest BCUT2D eigenvalue weighted by Crippen LogP contribution is 2.73. The van der Waals surface area contributed by atoms with Gasteiger partial charge in [-0.2, -0.15) is 47.9 Å². The van der Waals surface area contributed by atoms with Gasteiger partial charge < -0.3 is 9.47 Å². The minimum absolute atomic E-state index is 0.0149. The SMILES string of the molecule is COc1ccc(S(OS(=O)(=O)C(F)(F)C(F)(F)C(F)(F)C(F)(F)F)(c2ccccc2)c2ccc(C(=O)c3ccc(F)cc3)cc2)c(OC)c1. The van der Waals surface area contributed by atoms with Gasteiger partial charge in [0.2, 0.25) is 0 Å². The molecular formula is C31H22F10O6S2. The van der Waals surface area contributed by atoms with Crippen molar-refractivity contribution in [2.45, 2.75) is 38.0 Å². The third kappa shape index (κ3) is 6.43. The van der Waals surface area contributed by atoms with Gasteiger partial charge in [-0.1, -0.05) is 18.2 Å². The van der Waals surface area contributed by atoms with Crippen molar-refractivity contribution in [2.24, 2.45) is 0 Å². The number of carbonyl (C=O) groups excluding carboxylic acids is 1. The van der Waals surface area contributed by atoms with Crippen LogP contribution in [0, 0.1) is 5.82 Å². The number of hydrogen-bond acceptors (Lipinski definition) is 6. The number of carbonyl (C=O) groups is 1. The number of rotatable bonds is 12. The molecule has 6 nitrogen and oxygen atoms in total. The van der Waals surface area contributed by atoms with E-state index in [4.69, 9.17) is 13.1 Å². The minimum Gasteiger partial charge on any atom is -0.497 e. The van der Waals surface area contributed by atoms with E-state index in [1.807, 2.05) is 0 Å². The monoisotopic (exact) mass is 744 g/mol. The molecule has 4 aromatic rings. The number of benzene rings is 4. The highest BCUT2D eigenvalue weighted by Gasteiger charge is 2.86. The van der Waals surface area contributed by atoms with Crippen LogP contribution in [0.5, 0.6) is 11.5 Å². The lowest BCUT2D eigenvalue weighted by Crippen LogP contribution is -2.63. The normalized spacial score (nSPS) is 14.9. The summed E-state index contributed by atoms with van der Waals surface area (Å²) in [5.74, 6) is -16.9. The fourth-order valence-electron chi connectivity index (χ4n) is 4.39. The second-order valence-electron chi connectivity index (χ2n) is 9.93. The number of halogens is 10. The molecule has 0 heterocycles. The Morgan fingerprint density at radius 2 is 1.14 bits per heavy atom. The molecular weight excluding hydrogens is 722 g/mol. The van der Waals surface area contributed by atoms with Gasteiger partial charge in [-0.3, -0.25) is 4.79 Å². The maximum atomic E-state index is 15.2. The number of methoxy groups -OCH3 is 2. The lowest BCUT2D eigenvalue weighted by molar-refractivity contribution is -0.382. The zero-order valence-corrected chi connectivity index (χ0v) is 26.4. The Hall–Kier alpha value is -4.29. The number of alkyl halides is 9. The molecule has 1 unspecified atom stereocenters. The Balaban J connectivity index is 2.04. The van der Waals surface area contributed by atoms with E-state index in [0.717, 1.165) is 86.0 Å². The first-order chi connectivity index (χ1) is 22.7. The molecule has 0 aliphatic carbocycles. The van der Waals surface area contributed by atoms with Gasteiger partial charge in [0, 0.05) is 27.0 Å². The molecule has 18 heteroatoms. The molecule has 264 valence electrons. The zero-order chi connectivity index (χ0) is 36.6. The minimum atomic E-state index is -7.59. The van der Waals surface area contributed by atoms with E-state index in [1.54, 1.807) is 0 Å². The molecule has 0 radical (unpaired) electrons.